The summed E-state index contributed by atoms with van der Waals surface area (Å²) in [6.45, 7) is 9.15. The minimum atomic E-state index is -3.33. The van der Waals surface area contributed by atoms with Crippen molar-refractivity contribution in [1.82, 2.24) is 4.90 Å². The number of sulfone groups is 1. The van der Waals surface area contributed by atoms with Gasteiger partial charge in [-0.3, -0.25) is 4.79 Å². The summed E-state index contributed by atoms with van der Waals surface area (Å²) in [4.78, 5) is 15.7. The molecule has 1 aromatic carbocycles. The van der Waals surface area contributed by atoms with Crippen LogP contribution in [0.5, 0.6) is 0 Å². The lowest BCUT2D eigenvalue weighted by atomic mass is 9.79. The molecule has 27 heavy (non-hydrogen) atoms. The van der Waals surface area contributed by atoms with Gasteiger partial charge in [0, 0.05) is 24.0 Å². The average molecular weight is 435 g/mol. The van der Waals surface area contributed by atoms with Crippen LogP contribution in [0.4, 0.5) is 0 Å². The fourth-order valence-corrected chi connectivity index (χ4v) is 6.16. The van der Waals surface area contributed by atoms with Gasteiger partial charge >= 0.3 is 0 Å². The molecule has 1 heterocycles. The van der Waals surface area contributed by atoms with Crippen molar-refractivity contribution in [2.24, 2.45) is 11.1 Å². The van der Waals surface area contributed by atoms with Gasteiger partial charge in [0.2, 0.25) is 5.91 Å². The summed E-state index contributed by atoms with van der Waals surface area (Å²) in [5.74, 6) is 0.156. The zero-order chi connectivity index (χ0) is 19.5. The molecule has 0 spiro atoms. The molecule has 0 aromatic heterocycles. The number of hydrogen-bond donors (Lipinski definition) is 1. The number of amides is 1. The number of likely N-dealkylation sites (tertiary alicyclic amines) is 1. The number of piperidine rings is 1. The molecule has 0 radical (unpaired) electrons. The van der Waals surface area contributed by atoms with E-state index in [9.17, 15) is 13.2 Å². The van der Waals surface area contributed by atoms with Gasteiger partial charge in [-0.2, -0.15) is 0 Å². The summed E-state index contributed by atoms with van der Waals surface area (Å²) in [6, 6.07) is 7.05. The molecule has 1 fully saturated rings. The zero-order valence-electron chi connectivity index (χ0n) is 16.5. The Hall–Kier alpha value is -0.760. The van der Waals surface area contributed by atoms with E-state index in [2.05, 4.69) is 13.8 Å². The SMILES string of the molecule is CCCS(=O)(=O)c1ccccc1SC(C)C(=O)N1CCC(N)C(C)(C)C1.Cl. The third-order valence-corrected chi connectivity index (χ3v) is 8.20. The standard InChI is InChI=1S/C19H30N2O3S2.ClH/c1-5-12-26(23,24)16-9-7-6-8-15(16)25-14(2)18(22)21-11-10-17(20)19(3,4)13-21;/h6-9,14,17H,5,10-13,20H2,1-4H3;1H. The molecular weight excluding hydrogens is 404 g/mol. The lowest BCUT2D eigenvalue weighted by molar-refractivity contribution is -0.133. The first-order chi connectivity index (χ1) is 12.1. The van der Waals surface area contributed by atoms with Gasteiger partial charge in [-0.1, -0.05) is 32.9 Å². The average Bonchev–Trinajstić information content (AvgIpc) is 2.57. The summed E-state index contributed by atoms with van der Waals surface area (Å²) in [7, 11) is -3.33. The Kier molecular flexibility index (Phi) is 8.66. The zero-order valence-corrected chi connectivity index (χ0v) is 18.9. The number of rotatable bonds is 6. The van der Waals surface area contributed by atoms with E-state index in [0.717, 1.165) is 6.42 Å². The van der Waals surface area contributed by atoms with Gasteiger partial charge in [0.05, 0.1) is 15.9 Å². The van der Waals surface area contributed by atoms with Crippen LogP contribution in [0.2, 0.25) is 0 Å². The minimum absolute atomic E-state index is 0. The van der Waals surface area contributed by atoms with Crippen LogP contribution in [0, 0.1) is 5.41 Å². The van der Waals surface area contributed by atoms with Gasteiger partial charge in [0.1, 0.15) is 0 Å². The molecule has 1 amide bonds. The highest BCUT2D eigenvalue weighted by Gasteiger charge is 2.36. The normalized spacial score (nSPS) is 20.6. The molecule has 1 aliphatic heterocycles. The Labute approximate surface area is 173 Å². The van der Waals surface area contributed by atoms with E-state index in [0.29, 0.717) is 29.3 Å². The van der Waals surface area contributed by atoms with E-state index >= 15 is 0 Å². The van der Waals surface area contributed by atoms with Crippen molar-refractivity contribution in [2.75, 3.05) is 18.8 Å². The van der Waals surface area contributed by atoms with Crippen molar-refractivity contribution in [3.8, 4) is 0 Å². The smallest absolute Gasteiger partial charge is 0.235 e. The summed E-state index contributed by atoms with van der Waals surface area (Å²) in [5, 5.41) is -0.349. The monoisotopic (exact) mass is 434 g/mol. The van der Waals surface area contributed by atoms with Gasteiger partial charge in [-0.25, -0.2) is 8.42 Å². The van der Waals surface area contributed by atoms with Crippen LogP contribution in [0.3, 0.4) is 0 Å². The summed E-state index contributed by atoms with van der Waals surface area (Å²) in [5.41, 5.74) is 6.05. The summed E-state index contributed by atoms with van der Waals surface area (Å²) < 4.78 is 25.0. The van der Waals surface area contributed by atoms with Crippen LogP contribution in [-0.4, -0.2) is 49.4 Å². The predicted octanol–water partition coefficient (Wildman–Crippen LogP) is 3.36. The molecule has 1 aromatic rings. The van der Waals surface area contributed by atoms with Crippen LogP contribution < -0.4 is 5.73 Å². The van der Waals surface area contributed by atoms with Crippen LogP contribution in [0.25, 0.3) is 0 Å². The second-order valence-corrected chi connectivity index (χ2v) is 11.1. The summed E-state index contributed by atoms with van der Waals surface area (Å²) >= 11 is 1.32. The highest BCUT2D eigenvalue weighted by Crippen LogP contribution is 2.33. The molecule has 8 heteroatoms. The maximum atomic E-state index is 12.9. The Balaban J connectivity index is 0.00000364. The topological polar surface area (TPSA) is 80.5 Å². The highest BCUT2D eigenvalue weighted by atomic mass is 35.5. The molecular formula is C19H31ClN2O3S2. The number of benzene rings is 1. The number of nitrogens with two attached hydrogens (primary N) is 1. The molecule has 2 unspecified atom stereocenters. The summed E-state index contributed by atoms with van der Waals surface area (Å²) in [6.07, 6.45) is 1.36. The second kappa shape index (κ2) is 9.63. The van der Waals surface area contributed by atoms with Crippen molar-refractivity contribution in [1.29, 1.82) is 0 Å². The van der Waals surface area contributed by atoms with Gasteiger partial charge in [0.25, 0.3) is 0 Å². The molecule has 2 atom stereocenters. The van der Waals surface area contributed by atoms with Gasteiger partial charge in [-0.15, -0.1) is 24.2 Å². The largest absolute Gasteiger partial charge is 0.341 e. The number of carbonyl (C=O) groups excluding carboxylic acids is 1. The van der Waals surface area contributed by atoms with Crippen molar-refractivity contribution in [3.63, 3.8) is 0 Å². The minimum Gasteiger partial charge on any atom is -0.341 e. The molecule has 5 nitrogen and oxygen atoms in total. The van der Waals surface area contributed by atoms with Crippen LogP contribution >= 0.6 is 24.2 Å². The third kappa shape index (κ3) is 5.86. The number of carbonyl (C=O) groups is 1. The van der Waals surface area contributed by atoms with E-state index in [1.807, 2.05) is 24.8 Å². The maximum Gasteiger partial charge on any atom is 0.235 e. The molecule has 1 saturated heterocycles. The molecule has 154 valence electrons. The van der Waals surface area contributed by atoms with Crippen LogP contribution in [0.1, 0.15) is 40.5 Å². The number of thioether (sulfide) groups is 1. The van der Waals surface area contributed by atoms with Crippen molar-refractivity contribution in [3.05, 3.63) is 24.3 Å². The lowest BCUT2D eigenvalue weighted by Crippen LogP contribution is -2.55. The fourth-order valence-electron chi connectivity index (χ4n) is 3.24. The van der Waals surface area contributed by atoms with Crippen molar-refractivity contribution < 1.29 is 13.2 Å². The highest BCUT2D eigenvalue weighted by molar-refractivity contribution is 8.01. The molecule has 0 saturated carbocycles. The second-order valence-electron chi connectivity index (χ2n) is 7.67. The Morgan fingerprint density at radius 3 is 2.59 bits per heavy atom. The van der Waals surface area contributed by atoms with Gasteiger partial charge < -0.3 is 10.6 Å². The third-order valence-electron chi connectivity index (χ3n) is 4.93. The van der Waals surface area contributed by atoms with E-state index in [1.165, 1.54) is 11.8 Å². The number of hydrogen-bond acceptors (Lipinski definition) is 5. The first-order valence-electron chi connectivity index (χ1n) is 9.11. The lowest BCUT2D eigenvalue weighted by Gasteiger charge is -2.43. The van der Waals surface area contributed by atoms with E-state index < -0.39 is 9.84 Å². The maximum absolute atomic E-state index is 12.9. The van der Waals surface area contributed by atoms with E-state index in [-0.39, 0.29) is 40.8 Å². The van der Waals surface area contributed by atoms with E-state index in [1.54, 1.807) is 18.2 Å². The van der Waals surface area contributed by atoms with Gasteiger partial charge in [0.15, 0.2) is 9.84 Å². The molecule has 2 N–H and O–H groups in total. The fraction of sp³-hybridized carbons (Fsp3) is 0.632. The first kappa shape index (κ1) is 24.3. The Morgan fingerprint density at radius 2 is 2.00 bits per heavy atom. The van der Waals surface area contributed by atoms with E-state index in [4.69, 9.17) is 5.73 Å². The Bertz CT molecular complexity index is 753. The Morgan fingerprint density at radius 1 is 1.37 bits per heavy atom. The predicted molar refractivity (Wildman–Crippen MR) is 114 cm³/mol. The first-order valence-corrected chi connectivity index (χ1v) is 11.6. The molecule has 0 aliphatic carbocycles. The van der Waals surface area contributed by atoms with Crippen molar-refractivity contribution in [2.45, 2.75) is 61.6 Å². The quantitative estimate of drug-likeness (QED) is 0.694. The molecule has 2 rings (SSSR count). The molecule has 0 bridgehead atoms. The number of nitrogens with zero attached hydrogens (tertiary/aromatic N) is 1. The van der Waals surface area contributed by atoms with Crippen molar-refractivity contribution >= 4 is 39.9 Å². The van der Waals surface area contributed by atoms with Crippen LogP contribution in [0.15, 0.2) is 34.1 Å². The number of halogens is 1. The molecule has 1 aliphatic rings. The van der Waals surface area contributed by atoms with Gasteiger partial charge in [-0.05, 0) is 37.3 Å². The van der Waals surface area contributed by atoms with Crippen LogP contribution in [-0.2, 0) is 14.6 Å².